The van der Waals surface area contributed by atoms with Crippen LogP contribution >= 0.6 is 0 Å². The summed E-state index contributed by atoms with van der Waals surface area (Å²) < 4.78 is 146. The highest BCUT2D eigenvalue weighted by Gasteiger charge is 2.35. The summed E-state index contributed by atoms with van der Waals surface area (Å²) in [4.78, 5) is 21.5. The highest BCUT2D eigenvalue weighted by atomic mass is 19.2. The van der Waals surface area contributed by atoms with Gasteiger partial charge in [-0.3, -0.25) is 9.59 Å². The predicted octanol–water partition coefficient (Wildman–Crippen LogP) is 5.54. The lowest BCUT2D eigenvalue weighted by Gasteiger charge is -2.12. The molecule has 0 aliphatic carbocycles. The van der Waals surface area contributed by atoms with Crippen LogP contribution in [-0.2, 0) is 19.1 Å². The molecule has 1 atom stereocenters. The zero-order valence-corrected chi connectivity index (χ0v) is 19.4. The largest absolute Gasteiger partial charge is 0.465 e. The molecule has 0 saturated heterocycles. The first-order valence-electron chi connectivity index (χ1n) is 9.91. The van der Waals surface area contributed by atoms with Gasteiger partial charge in [-0.2, -0.15) is 10.5 Å². The first-order chi connectivity index (χ1) is 18.1. The maximum absolute atomic E-state index is 13.4. The Balaban J connectivity index is 0.000000616. The van der Waals surface area contributed by atoms with Crippen molar-refractivity contribution in [2.24, 2.45) is 0 Å². The molecule has 6 nitrogen and oxygen atoms in total. The van der Waals surface area contributed by atoms with Gasteiger partial charge in [0, 0.05) is 0 Å². The van der Waals surface area contributed by atoms with Crippen LogP contribution in [0.1, 0.15) is 31.7 Å². The fourth-order valence-corrected chi connectivity index (χ4v) is 2.19. The summed E-state index contributed by atoms with van der Waals surface area (Å²) >= 11 is 0. The number of hydrogen-bond donors (Lipinski definition) is 0. The quantitative estimate of drug-likeness (QED) is 0.200. The van der Waals surface area contributed by atoms with E-state index in [-0.39, 0.29) is 13.0 Å². The molecule has 17 heteroatoms. The molecule has 0 aromatic heterocycles. The van der Waals surface area contributed by atoms with E-state index >= 15 is 0 Å². The normalized spacial score (nSPS) is 10.5. The molecular formula is C22H13F11N2O4. The highest BCUT2D eigenvalue weighted by molar-refractivity contribution is 5.81. The van der Waals surface area contributed by atoms with Crippen LogP contribution < -0.4 is 0 Å². The van der Waals surface area contributed by atoms with E-state index < -0.39 is 87.4 Å². The molecule has 0 bridgehead atoms. The second kappa shape index (κ2) is 15.8. The Bertz CT molecular complexity index is 1170. The number of esters is 2. The lowest BCUT2D eigenvalue weighted by molar-refractivity contribution is -0.144. The summed E-state index contributed by atoms with van der Waals surface area (Å²) in [5, 5.41) is 16.6. The van der Waals surface area contributed by atoms with Gasteiger partial charge in [0.05, 0.1) is 30.9 Å². The van der Waals surface area contributed by atoms with Crippen LogP contribution in [0.15, 0.2) is 0 Å². The number of nitriles is 2. The number of benzene rings is 2. The monoisotopic (exact) mass is 578 g/mol. The van der Waals surface area contributed by atoms with Gasteiger partial charge < -0.3 is 9.47 Å². The summed E-state index contributed by atoms with van der Waals surface area (Å²) in [6.07, 6.45) is -0.145. The van der Waals surface area contributed by atoms with E-state index in [1.165, 1.54) is 6.92 Å². The topological polar surface area (TPSA) is 100 Å². The van der Waals surface area contributed by atoms with Gasteiger partial charge in [-0.1, -0.05) is 0 Å². The predicted molar refractivity (Wildman–Crippen MR) is 104 cm³/mol. The van der Waals surface area contributed by atoms with E-state index in [4.69, 9.17) is 10.5 Å². The van der Waals surface area contributed by atoms with Crippen LogP contribution in [0.2, 0.25) is 0 Å². The van der Waals surface area contributed by atoms with Crippen molar-refractivity contribution in [2.75, 3.05) is 13.2 Å². The van der Waals surface area contributed by atoms with Crippen LogP contribution in [0.4, 0.5) is 48.3 Å². The number of rotatable bonds is 5. The minimum absolute atomic E-state index is 0.145. The van der Waals surface area contributed by atoms with Gasteiger partial charge in [-0.25, -0.2) is 48.3 Å². The number of hydrogen-bond acceptors (Lipinski definition) is 6. The molecule has 2 aromatic carbocycles. The fraction of sp³-hybridized carbons (Fsp3) is 0.273. The Morgan fingerprint density at radius 3 is 1.18 bits per heavy atom. The van der Waals surface area contributed by atoms with Crippen LogP contribution in [0, 0.1) is 86.7 Å². The second-order valence-corrected chi connectivity index (χ2v) is 6.32. The van der Waals surface area contributed by atoms with Crippen molar-refractivity contribution in [3.8, 4) is 12.1 Å². The third-order valence-corrected chi connectivity index (χ3v) is 3.87. The average molecular weight is 578 g/mol. The third kappa shape index (κ3) is 8.56. The minimum atomic E-state index is -2.37. The molecule has 2 rings (SSSR count). The van der Waals surface area contributed by atoms with Gasteiger partial charge in [-0.15, -0.1) is 0 Å². The Hall–Kier alpha value is -4.41. The van der Waals surface area contributed by atoms with E-state index in [9.17, 15) is 57.9 Å². The van der Waals surface area contributed by atoms with Crippen LogP contribution in [0.3, 0.4) is 0 Å². The van der Waals surface area contributed by atoms with Gasteiger partial charge in [0.25, 0.3) is 0 Å². The van der Waals surface area contributed by atoms with E-state index in [0.717, 1.165) is 6.07 Å². The first-order valence-corrected chi connectivity index (χ1v) is 9.91. The summed E-state index contributed by atoms with van der Waals surface area (Å²) in [5.74, 6) is -29.6. The zero-order chi connectivity index (χ0) is 30.6. The summed E-state index contributed by atoms with van der Waals surface area (Å²) in [6, 6.07) is 2.83. The number of carbonyl (C=O) groups is 2. The molecule has 212 valence electrons. The Kier molecular flexibility index (Phi) is 14.0. The van der Waals surface area contributed by atoms with E-state index in [1.807, 2.05) is 0 Å². The van der Waals surface area contributed by atoms with Crippen LogP contribution in [0.25, 0.3) is 0 Å². The molecule has 0 aliphatic heterocycles. The van der Waals surface area contributed by atoms with E-state index in [1.54, 1.807) is 13.0 Å². The number of ether oxygens (including phenoxy) is 2. The fourth-order valence-electron chi connectivity index (χ4n) is 2.19. The maximum Gasteiger partial charge on any atom is 0.328 e. The van der Waals surface area contributed by atoms with Gasteiger partial charge in [0.1, 0.15) is 6.42 Å². The van der Waals surface area contributed by atoms with Gasteiger partial charge in [0.2, 0.25) is 40.7 Å². The standard InChI is InChI=1S/C11H6F5NO2.C6F6.C5H7NO2/c1-2-19-11(18)4(3-17)5-6(12)8(14)10(16)9(15)7(5)13;7-1-2(8)4(10)6(12)5(11)3(1)9;1-2-8-5(7)3-4-6/h4H,2H2,1H3;;2-3H2,1H3. The Labute approximate surface area is 211 Å². The Morgan fingerprint density at radius 1 is 0.615 bits per heavy atom. The number of nitrogens with zero attached hydrogens (tertiary/aromatic N) is 2. The minimum Gasteiger partial charge on any atom is -0.465 e. The summed E-state index contributed by atoms with van der Waals surface area (Å²) in [7, 11) is 0. The molecule has 0 aliphatic rings. The van der Waals surface area contributed by atoms with Crippen molar-refractivity contribution in [2.45, 2.75) is 26.2 Å². The third-order valence-electron chi connectivity index (χ3n) is 3.87. The van der Waals surface area contributed by atoms with Gasteiger partial charge >= 0.3 is 11.9 Å². The molecule has 2 aromatic rings. The first kappa shape index (κ1) is 34.6. The van der Waals surface area contributed by atoms with Crippen LogP contribution in [0.5, 0.6) is 0 Å². The molecule has 39 heavy (non-hydrogen) atoms. The maximum atomic E-state index is 13.4. The molecular weight excluding hydrogens is 565 g/mol. The lowest BCUT2D eigenvalue weighted by Crippen LogP contribution is -2.19. The van der Waals surface area contributed by atoms with Crippen molar-refractivity contribution >= 4 is 11.9 Å². The zero-order valence-electron chi connectivity index (χ0n) is 19.4. The smallest absolute Gasteiger partial charge is 0.328 e. The molecule has 0 spiro atoms. The van der Waals surface area contributed by atoms with E-state index in [0.29, 0.717) is 6.61 Å². The van der Waals surface area contributed by atoms with Crippen LogP contribution in [-0.4, -0.2) is 25.2 Å². The van der Waals surface area contributed by atoms with Crippen molar-refractivity contribution in [1.82, 2.24) is 0 Å². The summed E-state index contributed by atoms with van der Waals surface area (Å²) in [5.41, 5.74) is -1.52. The molecule has 0 radical (unpaired) electrons. The van der Waals surface area contributed by atoms with Gasteiger partial charge in [0.15, 0.2) is 29.2 Å². The molecule has 1 unspecified atom stereocenters. The second-order valence-electron chi connectivity index (χ2n) is 6.32. The van der Waals surface area contributed by atoms with E-state index in [2.05, 4.69) is 9.47 Å². The summed E-state index contributed by atoms with van der Waals surface area (Å²) in [6.45, 7) is 3.19. The average Bonchev–Trinajstić information content (AvgIpc) is 2.91. The number of halogens is 11. The molecule has 0 amide bonds. The van der Waals surface area contributed by atoms with Crippen molar-refractivity contribution < 1.29 is 67.4 Å². The van der Waals surface area contributed by atoms with Crippen molar-refractivity contribution in [3.63, 3.8) is 0 Å². The highest BCUT2D eigenvalue weighted by Crippen LogP contribution is 2.29. The molecule has 0 saturated carbocycles. The molecule has 0 fully saturated rings. The van der Waals surface area contributed by atoms with Gasteiger partial charge in [-0.05, 0) is 13.8 Å². The molecule has 0 heterocycles. The SMILES string of the molecule is CCOC(=O)C(C#N)c1c(F)c(F)c(F)c(F)c1F.CCOC(=O)CC#N.Fc1c(F)c(F)c(F)c(F)c1F. The lowest BCUT2D eigenvalue weighted by atomic mass is 9.98. The van der Waals surface area contributed by atoms with Crippen molar-refractivity contribution in [3.05, 3.63) is 69.6 Å². The number of carbonyl (C=O) groups excluding carboxylic acids is 2. The van der Waals surface area contributed by atoms with Crippen molar-refractivity contribution in [1.29, 1.82) is 10.5 Å². The molecule has 0 N–H and O–H groups in total. The Morgan fingerprint density at radius 2 is 0.923 bits per heavy atom.